The predicted octanol–water partition coefficient (Wildman–Crippen LogP) is 0.478. The van der Waals surface area contributed by atoms with Gasteiger partial charge >= 0.3 is 0 Å². The minimum Gasteiger partial charge on any atom is -0.390 e. The van der Waals surface area contributed by atoms with E-state index in [1.807, 2.05) is 0 Å². The summed E-state index contributed by atoms with van der Waals surface area (Å²) in [4.78, 5) is 2.23. The first kappa shape index (κ1) is 9.44. The van der Waals surface area contributed by atoms with E-state index in [0.29, 0.717) is 0 Å². The van der Waals surface area contributed by atoms with Crippen molar-refractivity contribution in [3.05, 3.63) is 0 Å². The highest BCUT2D eigenvalue weighted by atomic mass is 16.5. The van der Waals surface area contributed by atoms with Crippen molar-refractivity contribution in [2.24, 2.45) is 5.92 Å². The quantitative estimate of drug-likeness (QED) is 0.694. The highest BCUT2D eigenvalue weighted by molar-refractivity contribution is 4.83. The molecule has 0 aromatic heterocycles. The largest absolute Gasteiger partial charge is 0.390 e. The van der Waals surface area contributed by atoms with Crippen LogP contribution in [0, 0.1) is 5.92 Å². The zero-order valence-corrected chi connectivity index (χ0v) is 8.28. The Labute approximate surface area is 79.7 Å². The lowest BCUT2D eigenvalue weighted by Crippen LogP contribution is -2.46. The molecule has 0 aromatic carbocycles. The molecule has 2 unspecified atom stereocenters. The molecule has 2 fully saturated rings. The molecule has 0 amide bonds. The van der Waals surface area contributed by atoms with E-state index >= 15 is 0 Å². The first-order valence-electron chi connectivity index (χ1n) is 5.24. The maximum atomic E-state index is 9.85. The van der Waals surface area contributed by atoms with Gasteiger partial charge in [-0.1, -0.05) is 12.8 Å². The first-order valence-corrected chi connectivity index (χ1v) is 5.24. The molecular weight excluding hydrogens is 166 g/mol. The average Bonchev–Trinajstić information content (AvgIpc) is 2.88. The second-order valence-corrected chi connectivity index (χ2v) is 4.42. The van der Waals surface area contributed by atoms with Crippen molar-refractivity contribution >= 4 is 0 Å². The van der Waals surface area contributed by atoms with E-state index in [1.165, 1.54) is 12.8 Å². The third-order valence-corrected chi connectivity index (χ3v) is 3.00. The standard InChI is InChI=1S/C10H19NO2/c1-11-4-5-13-10(7-11)9(12)6-8-2-3-8/h8-10,12H,2-7H2,1H3. The van der Waals surface area contributed by atoms with Gasteiger partial charge in [0.1, 0.15) is 0 Å². The second-order valence-electron chi connectivity index (χ2n) is 4.42. The van der Waals surface area contributed by atoms with Crippen LogP contribution < -0.4 is 0 Å². The lowest BCUT2D eigenvalue weighted by atomic mass is 10.1. The van der Waals surface area contributed by atoms with E-state index in [2.05, 4.69) is 11.9 Å². The van der Waals surface area contributed by atoms with Crippen LogP contribution in [0.4, 0.5) is 0 Å². The Balaban J connectivity index is 1.76. The van der Waals surface area contributed by atoms with Crippen molar-refractivity contribution in [2.75, 3.05) is 26.7 Å². The zero-order chi connectivity index (χ0) is 9.26. The average molecular weight is 185 g/mol. The SMILES string of the molecule is CN1CCOC(C(O)CC2CC2)C1. The van der Waals surface area contributed by atoms with Gasteiger partial charge in [-0.15, -0.1) is 0 Å². The maximum Gasteiger partial charge on any atom is 0.0960 e. The number of aliphatic hydroxyl groups excluding tert-OH is 1. The van der Waals surface area contributed by atoms with E-state index in [0.717, 1.165) is 32.0 Å². The Morgan fingerprint density at radius 3 is 2.92 bits per heavy atom. The molecule has 13 heavy (non-hydrogen) atoms. The highest BCUT2D eigenvalue weighted by Gasteiger charge is 2.31. The fourth-order valence-corrected chi connectivity index (χ4v) is 1.89. The van der Waals surface area contributed by atoms with Crippen LogP contribution in [0.25, 0.3) is 0 Å². The molecule has 0 spiro atoms. The molecule has 3 nitrogen and oxygen atoms in total. The summed E-state index contributed by atoms with van der Waals surface area (Å²) in [7, 11) is 2.08. The normalized spacial score (nSPS) is 33.2. The number of aliphatic hydroxyl groups is 1. The van der Waals surface area contributed by atoms with Crippen molar-refractivity contribution in [1.82, 2.24) is 4.90 Å². The summed E-state index contributed by atoms with van der Waals surface area (Å²) < 4.78 is 5.55. The highest BCUT2D eigenvalue weighted by Crippen LogP contribution is 2.34. The number of nitrogens with zero attached hydrogens (tertiary/aromatic N) is 1. The van der Waals surface area contributed by atoms with Crippen LogP contribution in [0.3, 0.4) is 0 Å². The van der Waals surface area contributed by atoms with Gasteiger partial charge in [-0.2, -0.15) is 0 Å². The summed E-state index contributed by atoms with van der Waals surface area (Å²) in [5.41, 5.74) is 0. The van der Waals surface area contributed by atoms with Crippen LogP contribution in [0.5, 0.6) is 0 Å². The molecule has 1 aliphatic heterocycles. The van der Waals surface area contributed by atoms with Gasteiger partial charge in [0.25, 0.3) is 0 Å². The predicted molar refractivity (Wildman–Crippen MR) is 50.6 cm³/mol. The van der Waals surface area contributed by atoms with Crippen LogP contribution in [0.2, 0.25) is 0 Å². The lowest BCUT2D eigenvalue weighted by molar-refractivity contribution is -0.0862. The Morgan fingerprint density at radius 1 is 1.54 bits per heavy atom. The molecule has 1 saturated heterocycles. The third kappa shape index (κ3) is 2.66. The number of ether oxygens (including phenoxy) is 1. The number of rotatable bonds is 3. The first-order chi connectivity index (χ1) is 6.25. The van der Waals surface area contributed by atoms with E-state index in [-0.39, 0.29) is 12.2 Å². The van der Waals surface area contributed by atoms with Crippen LogP contribution >= 0.6 is 0 Å². The Bertz CT molecular complexity index is 170. The summed E-state index contributed by atoms with van der Waals surface area (Å²) in [5, 5.41) is 9.85. The number of hydrogen-bond acceptors (Lipinski definition) is 3. The van der Waals surface area contributed by atoms with Gasteiger partial charge in [0.05, 0.1) is 18.8 Å². The van der Waals surface area contributed by atoms with Gasteiger partial charge < -0.3 is 14.7 Å². The van der Waals surface area contributed by atoms with Gasteiger partial charge in [0, 0.05) is 13.1 Å². The van der Waals surface area contributed by atoms with Crippen LogP contribution in [0.1, 0.15) is 19.3 Å². The molecule has 0 bridgehead atoms. The minimum atomic E-state index is -0.241. The van der Waals surface area contributed by atoms with Crippen molar-refractivity contribution in [3.63, 3.8) is 0 Å². The second kappa shape index (κ2) is 3.95. The Hall–Kier alpha value is -0.120. The Morgan fingerprint density at radius 2 is 2.31 bits per heavy atom. The topological polar surface area (TPSA) is 32.7 Å². The minimum absolute atomic E-state index is 0.0550. The summed E-state index contributed by atoms with van der Waals surface area (Å²) in [6.45, 7) is 2.64. The van der Waals surface area contributed by atoms with E-state index in [1.54, 1.807) is 0 Å². The number of hydrogen-bond donors (Lipinski definition) is 1. The summed E-state index contributed by atoms with van der Waals surface area (Å²) >= 11 is 0. The van der Waals surface area contributed by atoms with E-state index in [9.17, 15) is 5.11 Å². The molecule has 0 aromatic rings. The smallest absolute Gasteiger partial charge is 0.0960 e. The fraction of sp³-hybridized carbons (Fsp3) is 1.00. The van der Waals surface area contributed by atoms with Crippen LogP contribution in [-0.4, -0.2) is 49.0 Å². The molecule has 1 aliphatic carbocycles. The van der Waals surface area contributed by atoms with Gasteiger partial charge in [-0.05, 0) is 19.4 Å². The van der Waals surface area contributed by atoms with Crippen LogP contribution in [-0.2, 0) is 4.74 Å². The van der Waals surface area contributed by atoms with Gasteiger partial charge in [0.2, 0.25) is 0 Å². The lowest BCUT2D eigenvalue weighted by Gasteiger charge is -2.32. The third-order valence-electron chi connectivity index (χ3n) is 3.00. The van der Waals surface area contributed by atoms with Gasteiger partial charge in [-0.3, -0.25) is 0 Å². The molecule has 1 heterocycles. The number of morpholine rings is 1. The van der Waals surface area contributed by atoms with E-state index < -0.39 is 0 Å². The number of likely N-dealkylation sites (N-methyl/N-ethyl adjacent to an activating group) is 1. The Kier molecular flexibility index (Phi) is 2.86. The van der Waals surface area contributed by atoms with E-state index in [4.69, 9.17) is 4.74 Å². The zero-order valence-electron chi connectivity index (χ0n) is 8.28. The molecule has 76 valence electrons. The molecule has 2 aliphatic rings. The fourth-order valence-electron chi connectivity index (χ4n) is 1.89. The molecule has 0 radical (unpaired) electrons. The van der Waals surface area contributed by atoms with Crippen molar-refractivity contribution in [2.45, 2.75) is 31.5 Å². The van der Waals surface area contributed by atoms with Crippen molar-refractivity contribution < 1.29 is 9.84 Å². The maximum absolute atomic E-state index is 9.85. The summed E-state index contributed by atoms with van der Waals surface area (Å²) in [6, 6.07) is 0. The van der Waals surface area contributed by atoms with Crippen molar-refractivity contribution in [3.8, 4) is 0 Å². The summed E-state index contributed by atoms with van der Waals surface area (Å²) in [5.74, 6) is 0.783. The van der Waals surface area contributed by atoms with Crippen LogP contribution in [0.15, 0.2) is 0 Å². The monoisotopic (exact) mass is 185 g/mol. The molecule has 3 heteroatoms. The van der Waals surface area contributed by atoms with Crippen molar-refractivity contribution in [1.29, 1.82) is 0 Å². The molecule has 2 rings (SSSR count). The van der Waals surface area contributed by atoms with Gasteiger partial charge in [-0.25, -0.2) is 0 Å². The molecule has 1 N–H and O–H groups in total. The summed E-state index contributed by atoms with van der Waals surface area (Å²) in [6.07, 6.45) is 3.37. The molecule has 1 saturated carbocycles. The molecule has 2 atom stereocenters. The molecular formula is C10H19NO2. The van der Waals surface area contributed by atoms with Gasteiger partial charge in [0.15, 0.2) is 0 Å².